The molecule has 8 nitrogen and oxygen atoms in total. The topological polar surface area (TPSA) is 111 Å². The Morgan fingerprint density at radius 2 is 1.77 bits per heavy atom. The van der Waals surface area contributed by atoms with Gasteiger partial charge in [-0.25, -0.2) is 4.83 Å². The van der Waals surface area contributed by atoms with E-state index in [1.54, 1.807) is 36.4 Å². The van der Waals surface area contributed by atoms with Crippen LogP contribution in [0.4, 0.5) is 5.69 Å². The highest BCUT2D eigenvalue weighted by Gasteiger charge is 2.19. The molecule has 3 aromatic rings. The van der Waals surface area contributed by atoms with Gasteiger partial charge in [-0.05, 0) is 60.5 Å². The van der Waals surface area contributed by atoms with Gasteiger partial charge in [0.2, 0.25) is 0 Å². The molecule has 0 saturated carbocycles. The van der Waals surface area contributed by atoms with Gasteiger partial charge in [-0.3, -0.25) is 10.1 Å². The van der Waals surface area contributed by atoms with E-state index in [9.17, 15) is 18.5 Å². The Balaban J connectivity index is 1.61. The number of hydrazone groups is 1. The molecule has 1 N–H and O–H groups in total. The Bertz CT molecular complexity index is 1210. The lowest BCUT2D eigenvalue weighted by Crippen LogP contribution is -2.18. The Kier molecular flexibility index (Phi) is 6.88. The summed E-state index contributed by atoms with van der Waals surface area (Å²) in [5.41, 5.74) is 1.70. The first kappa shape index (κ1) is 22.3. The van der Waals surface area contributed by atoms with Crippen molar-refractivity contribution in [3.8, 4) is 5.75 Å². The predicted octanol–water partition coefficient (Wildman–Crippen LogP) is 4.45. The van der Waals surface area contributed by atoms with Gasteiger partial charge in [0, 0.05) is 16.7 Å². The van der Waals surface area contributed by atoms with Crippen LogP contribution in [0.1, 0.15) is 16.7 Å². The number of nitro groups is 1. The molecule has 31 heavy (non-hydrogen) atoms. The zero-order valence-corrected chi connectivity index (χ0v) is 17.9. The number of nitro benzene ring substituents is 1. The number of sulfonamides is 1. The summed E-state index contributed by atoms with van der Waals surface area (Å²) in [7, 11) is -4.04. The van der Waals surface area contributed by atoms with Gasteiger partial charge in [0.05, 0.1) is 16.0 Å². The summed E-state index contributed by atoms with van der Waals surface area (Å²) in [6.45, 7) is 1.91. The van der Waals surface area contributed by atoms with Crippen LogP contribution in [0.25, 0.3) is 0 Å². The molecule has 0 amide bonds. The van der Waals surface area contributed by atoms with E-state index in [2.05, 4.69) is 9.93 Å². The van der Waals surface area contributed by atoms with E-state index in [-0.39, 0.29) is 10.6 Å². The molecule has 0 fully saturated rings. The van der Waals surface area contributed by atoms with Crippen molar-refractivity contribution >= 4 is 33.5 Å². The van der Waals surface area contributed by atoms with Crippen molar-refractivity contribution < 1.29 is 18.1 Å². The van der Waals surface area contributed by atoms with Gasteiger partial charge in [-0.15, -0.1) is 0 Å². The van der Waals surface area contributed by atoms with Crippen molar-refractivity contribution in [2.75, 3.05) is 0 Å². The van der Waals surface area contributed by atoms with Crippen molar-refractivity contribution in [1.29, 1.82) is 0 Å². The van der Waals surface area contributed by atoms with Gasteiger partial charge < -0.3 is 4.74 Å². The quantitative estimate of drug-likeness (QED) is 0.304. The van der Waals surface area contributed by atoms with E-state index in [1.165, 1.54) is 25.3 Å². The van der Waals surface area contributed by atoms with Gasteiger partial charge in [0.25, 0.3) is 15.7 Å². The molecule has 0 spiro atoms. The number of nitrogens with zero attached hydrogens (tertiary/aromatic N) is 2. The number of halogens is 1. The molecule has 0 saturated heterocycles. The number of hydrogen-bond donors (Lipinski definition) is 1. The first-order valence-corrected chi connectivity index (χ1v) is 10.9. The van der Waals surface area contributed by atoms with E-state index in [0.29, 0.717) is 28.5 Å². The summed E-state index contributed by atoms with van der Waals surface area (Å²) in [5, 5.41) is 15.4. The number of nitrogens with one attached hydrogen (secondary N) is 1. The highest BCUT2D eigenvalue weighted by Crippen LogP contribution is 2.22. The van der Waals surface area contributed by atoms with Crippen LogP contribution >= 0.6 is 11.6 Å². The van der Waals surface area contributed by atoms with Crippen LogP contribution in [0, 0.1) is 17.0 Å². The summed E-state index contributed by atoms with van der Waals surface area (Å²) in [4.78, 5) is 12.2. The monoisotopic (exact) mass is 459 g/mol. The molecular weight excluding hydrogens is 442 g/mol. The largest absolute Gasteiger partial charge is 0.489 e. The molecule has 0 atom stereocenters. The fraction of sp³-hybridized carbons (Fsp3) is 0.0952. The standard InChI is InChI=1S/C21H18ClN3O5S/c1-15-2-11-20(12-21(15)25(26)27)31(28,29)24-23-13-16-5-9-19(10-6-16)30-14-17-3-7-18(22)8-4-17/h2-13,24H,14H2,1H3/b23-13-. The molecule has 0 aromatic heterocycles. The van der Waals surface area contributed by atoms with E-state index >= 15 is 0 Å². The van der Waals surface area contributed by atoms with Crippen molar-refractivity contribution in [2.24, 2.45) is 5.10 Å². The minimum absolute atomic E-state index is 0.243. The molecule has 0 radical (unpaired) electrons. The smallest absolute Gasteiger partial charge is 0.276 e. The number of benzene rings is 3. The van der Waals surface area contributed by atoms with E-state index < -0.39 is 14.9 Å². The molecule has 160 valence electrons. The number of aryl methyl sites for hydroxylation is 1. The summed E-state index contributed by atoms with van der Waals surface area (Å²) in [6, 6.07) is 17.9. The van der Waals surface area contributed by atoms with Gasteiger partial charge in [0.1, 0.15) is 12.4 Å². The lowest BCUT2D eigenvalue weighted by Gasteiger charge is -2.07. The van der Waals surface area contributed by atoms with Gasteiger partial charge in [0.15, 0.2) is 0 Å². The van der Waals surface area contributed by atoms with Crippen molar-refractivity contribution in [1.82, 2.24) is 4.83 Å². The Morgan fingerprint density at radius 3 is 2.42 bits per heavy atom. The molecule has 3 aromatic carbocycles. The maximum Gasteiger partial charge on any atom is 0.276 e. The Morgan fingerprint density at radius 1 is 1.10 bits per heavy atom. The minimum atomic E-state index is -4.04. The van der Waals surface area contributed by atoms with Crippen molar-refractivity contribution in [3.05, 3.63) is 98.6 Å². The van der Waals surface area contributed by atoms with Crippen LogP contribution in [-0.2, 0) is 16.6 Å². The zero-order valence-electron chi connectivity index (χ0n) is 16.4. The second-order valence-corrected chi connectivity index (χ2v) is 8.64. The van der Waals surface area contributed by atoms with Crippen LogP contribution < -0.4 is 9.57 Å². The third-order valence-electron chi connectivity index (χ3n) is 4.27. The molecular formula is C21H18ClN3O5S. The van der Waals surface area contributed by atoms with Crippen LogP contribution in [-0.4, -0.2) is 19.6 Å². The Hall–Kier alpha value is -3.43. The van der Waals surface area contributed by atoms with Crippen LogP contribution in [0.3, 0.4) is 0 Å². The summed E-state index contributed by atoms with van der Waals surface area (Å²) in [6.07, 6.45) is 1.32. The third-order valence-corrected chi connectivity index (χ3v) is 5.75. The van der Waals surface area contributed by atoms with Gasteiger partial charge in [-0.1, -0.05) is 29.8 Å². The fourth-order valence-corrected chi connectivity index (χ4v) is 3.51. The third kappa shape index (κ3) is 6.03. The number of hydrogen-bond acceptors (Lipinski definition) is 6. The second-order valence-electron chi connectivity index (χ2n) is 6.54. The van der Waals surface area contributed by atoms with E-state index in [1.807, 2.05) is 12.1 Å². The van der Waals surface area contributed by atoms with Crippen molar-refractivity contribution in [2.45, 2.75) is 18.4 Å². The zero-order chi connectivity index (χ0) is 22.4. The van der Waals surface area contributed by atoms with Crippen LogP contribution in [0.2, 0.25) is 5.02 Å². The van der Waals surface area contributed by atoms with Crippen LogP contribution in [0.15, 0.2) is 76.7 Å². The average Bonchev–Trinajstić information content (AvgIpc) is 2.74. The summed E-state index contributed by atoms with van der Waals surface area (Å²) >= 11 is 5.85. The normalized spacial score (nSPS) is 11.4. The second kappa shape index (κ2) is 9.59. The molecule has 0 aliphatic carbocycles. The highest BCUT2D eigenvalue weighted by molar-refractivity contribution is 7.89. The SMILES string of the molecule is Cc1ccc(S(=O)(=O)N/N=C\c2ccc(OCc3ccc(Cl)cc3)cc2)cc1[N+](=O)[O-]. The Labute approximate surface area is 184 Å². The lowest BCUT2D eigenvalue weighted by molar-refractivity contribution is -0.385. The molecule has 0 bridgehead atoms. The molecule has 0 aliphatic rings. The van der Waals surface area contributed by atoms with Gasteiger partial charge in [-0.2, -0.15) is 13.5 Å². The minimum Gasteiger partial charge on any atom is -0.489 e. The molecule has 3 rings (SSSR count). The number of rotatable bonds is 8. The first-order valence-electron chi connectivity index (χ1n) is 9.02. The number of ether oxygens (including phenoxy) is 1. The molecule has 0 heterocycles. The van der Waals surface area contributed by atoms with Gasteiger partial charge >= 0.3 is 0 Å². The van der Waals surface area contributed by atoms with Crippen molar-refractivity contribution in [3.63, 3.8) is 0 Å². The highest BCUT2D eigenvalue weighted by atomic mass is 35.5. The summed E-state index contributed by atoms with van der Waals surface area (Å²) < 4.78 is 30.3. The first-order chi connectivity index (χ1) is 14.7. The van der Waals surface area contributed by atoms with Crippen LogP contribution in [0.5, 0.6) is 5.75 Å². The summed E-state index contributed by atoms with van der Waals surface area (Å²) in [5.74, 6) is 0.639. The molecule has 0 aliphatic heterocycles. The predicted molar refractivity (Wildman–Crippen MR) is 118 cm³/mol. The molecule has 10 heteroatoms. The fourth-order valence-electron chi connectivity index (χ4n) is 2.57. The van der Waals surface area contributed by atoms with E-state index in [0.717, 1.165) is 11.6 Å². The maximum absolute atomic E-state index is 12.3. The maximum atomic E-state index is 12.3. The molecule has 0 unspecified atom stereocenters. The van der Waals surface area contributed by atoms with E-state index in [4.69, 9.17) is 16.3 Å². The average molecular weight is 460 g/mol. The lowest BCUT2D eigenvalue weighted by atomic mass is 10.2.